The van der Waals surface area contributed by atoms with Crippen molar-refractivity contribution < 1.29 is 8.42 Å². The van der Waals surface area contributed by atoms with E-state index in [2.05, 4.69) is 21.5 Å². The monoisotopic (exact) mass is 493 g/mol. The van der Waals surface area contributed by atoms with E-state index in [-0.39, 0.29) is 25.3 Å². The summed E-state index contributed by atoms with van der Waals surface area (Å²) in [6.45, 7) is 4.12. The highest BCUT2D eigenvalue weighted by molar-refractivity contribution is 7.89. The number of sulfonamides is 1. The maximum Gasteiger partial charge on any atom is 0.228 e. The third kappa shape index (κ3) is 3.94. The summed E-state index contributed by atoms with van der Waals surface area (Å²) in [6.07, 6.45) is 3.75. The van der Waals surface area contributed by atoms with Crippen LogP contribution in [0.2, 0.25) is 0 Å². The lowest BCUT2D eigenvalue weighted by atomic mass is 9.89. The molecule has 1 aliphatic heterocycles. The van der Waals surface area contributed by atoms with E-state index >= 15 is 0 Å². The molecule has 1 aliphatic rings. The zero-order chi connectivity index (χ0) is 23.9. The second kappa shape index (κ2) is 8.47. The van der Waals surface area contributed by atoms with Gasteiger partial charge in [-0.25, -0.2) is 18.4 Å². The Morgan fingerprint density at radius 1 is 1.24 bits per heavy atom. The molecule has 1 fully saturated rings. The molecule has 1 aromatic carbocycles. The molecule has 0 saturated carbocycles. The predicted octanol–water partition coefficient (Wildman–Crippen LogP) is 3.88. The van der Waals surface area contributed by atoms with Crippen LogP contribution in [0.5, 0.6) is 0 Å². The van der Waals surface area contributed by atoms with E-state index < -0.39 is 15.6 Å². The fraction of sp³-hybridized carbons (Fsp3) is 0.304. The molecule has 9 nitrogen and oxygen atoms in total. The number of hydrogen-bond acceptors (Lipinski definition) is 8. The van der Waals surface area contributed by atoms with Gasteiger partial charge in [-0.05, 0) is 32.0 Å². The van der Waals surface area contributed by atoms with Gasteiger partial charge in [-0.15, -0.1) is 11.3 Å². The van der Waals surface area contributed by atoms with E-state index in [0.717, 1.165) is 32.0 Å². The molecule has 1 saturated heterocycles. The summed E-state index contributed by atoms with van der Waals surface area (Å²) >= 11 is 1.61. The molecule has 5 rings (SSSR count). The number of rotatable bonds is 7. The Bertz CT molecular complexity index is 1500. The van der Waals surface area contributed by atoms with Gasteiger partial charge in [0.1, 0.15) is 5.54 Å². The average molecular weight is 494 g/mol. The minimum absolute atomic E-state index is 0.0355. The van der Waals surface area contributed by atoms with Crippen LogP contribution in [0.3, 0.4) is 0 Å². The molecule has 3 aromatic heterocycles. The van der Waals surface area contributed by atoms with Crippen LogP contribution < -0.4 is 5.32 Å². The highest BCUT2D eigenvalue weighted by atomic mass is 32.2. The minimum Gasteiger partial charge on any atom is -0.324 e. The Balaban J connectivity index is 1.52. The molecule has 0 bridgehead atoms. The summed E-state index contributed by atoms with van der Waals surface area (Å²) in [5.74, 6) is 0.517. The first-order valence-electron chi connectivity index (χ1n) is 10.8. The summed E-state index contributed by atoms with van der Waals surface area (Å²) in [4.78, 5) is 10.6. The molecule has 34 heavy (non-hydrogen) atoms. The van der Waals surface area contributed by atoms with Crippen molar-refractivity contribution in [2.45, 2.75) is 25.8 Å². The fourth-order valence-corrected chi connectivity index (χ4v) is 6.33. The summed E-state index contributed by atoms with van der Waals surface area (Å²) in [7, 11) is -3.31. The smallest absolute Gasteiger partial charge is 0.228 e. The number of thiophene rings is 1. The van der Waals surface area contributed by atoms with Crippen molar-refractivity contribution in [1.82, 2.24) is 24.1 Å². The lowest BCUT2D eigenvalue weighted by Crippen LogP contribution is -2.64. The number of para-hydroxylation sites is 1. The molecule has 4 heterocycles. The summed E-state index contributed by atoms with van der Waals surface area (Å²) in [6, 6.07) is 14.0. The largest absolute Gasteiger partial charge is 0.324 e. The van der Waals surface area contributed by atoms with Crippen molar-refractivity contribution in [3.63, 3.8) is 0 Å². The summed E-state index contributed by atoms with van der Waals surface area (Å²) in [5.41, 5.74) is 2.58. The van der Waals surface area contributed by atoms with Crippen LogP contribution in [0.4, 0.5) is 11.6 Å². The van der Waals surface area contributed by atoms with Gasteiger partial charge in [-0.1, -0.05) is 18.2 Å². The van der Waals surface area contributed by atoms with Gasteiger partial charge < -0.3 is 5.32 Å². The summed E-state index contributed by atoms with van der Waals surface area (Å²) in [5, 5.41) is 17.2. The van der Waals surface area contributed by atoms with Crippen LogP contribution in [-0.2, 0) is 15.6 Å². The molecular weight excluding hydrogens is 470 g/mol. The number of benzene rings is 1. The Hall–Kier alpha value is -3.33. The first-order chi connectivity index (χ1) is 16.3. The zero-order valence-electron chi connectivity index (χ0n) is 18.8. The van der Waals surface area contributed by atoms with E-state index in [1.54, 1.807) is 29.1 Å². The Morgan fingerprint density at radius 3 is 2.71 bits per heavy atom. The molecule has 0 radical (unpaired) electrons. The molecule has 1 N–H and O–H groups in total. The number of nitrogens with one attached hydrogen (secondary N) is 1. The quantitative estimate of drug-likeness (QED) is 0.415. The normalized spacial score (nSPS) is 15.7. The van der Waals surface area contributed by atoms with Gasteiger partial charge in [0.25, 0.3) is 0 Å². The minimum atomic E-state index is -3.31. The van der Waals surface area contributed by atoms with E-state index in [0.29, 0.717) is 5.95 Å². The second-order valence-electron chi connectivity index (χ2n) is 8.36. The molecule has 0 aliphatic carbocycles. The Kier molecular flexibility index (Phi) is 5.59. The molecular formula is C23H23N7O2S2. The highest BCUT2D eigenvalue weighted by Gasteiger charge is 2.49. The maximum absolute atomic E-state index is 12.3. The second-order valence-corrected chi connectivity index (χ2v) is 11.9. The van der Waals surface area contributed by atoms with Gasteiger partial charge in [0.15, 0.2) is 0 Å². The van der Waals surface area contributed by atoms with Crippen LogP contribution >= 0.6 is 11.3 Å². The van der Waals surface area contributed by atoms with Gasteiger partial charge in [-0.2, -0.15) is 14.7 Å². The molecule has 0 unspecified atom stereocenters. The van der Waals surface area contributed by atoms with Crippen molar-refractivity contribution >= 4 is 43.2 Å². The number of aromatic nitrogens is 4. The highest BCUT2D eigenvalue weighted by Crippen LogP contribution is 2.37. The number of anilines is 2. The van der Waals surface area contributed by atoms with Crippen molar-refractivity contribution in [3.8, 4) is 17.3 Å². The van der Waals surface area contributed by atoms with Crippen LogP contribution in [-0.4, -0.2) is 51.3 Å². The van der Waals surface area contributed by atoms with Gasteiger partial charge in [0.05, 0.1) is 40.4 Å². The maximum atomic E-state index is 12.3. The van der Waals surface area contributed by atoms with Gasteiger partial charge in [0, 0.05) is 35.4 Å². The van der Waals surface area contributed by atoms with Crippen LogP contribution in [0, 0.1) is 18.3 Å². The molecule has 0 spiro atoms. The third-order valence-electron chi connectivity index (χ3n) is 5.97. The van der Waals surface area contributed by atoms with Crippen molar-refractivity contribution in [2.24, 2.45) is 0 Å². The van der Waals surface area contributed by atoms with Gasteiger partial charge in [-0.3, -0.25) is 4.68 Å². The summed E-state index contributed by atoms with van der Waals surface area (Å²) < 4.78 is 28.6. The molecule has 11 heteroatoms. The van der Waals surface area contributed by atoms with E-state index in [1.165, 1.54) is 4.31 Å². The zero-order valence-corrected chi connectivity index (χ0v) is 20.4. The Labute approximate surface area is 201 Å². The number of fused-ring (bicyclic) bond motifs is 1. The number of aryl methyl sites for hydroxylation is 1. The predicted molar refractivity (Wildman–Crippen MR) is 132 cm³/mol. The van der Waals surface area contributed by atoms with Gasteiger partial charge >= 0.3 is 0 Å². The van der Waals surface area contributed by atoms with Crippen molar-refractivity contribution in [2.75, 3.05) is 24.2 Å². The number of nitriles is 1. The molecule has 0 atom stereocenters. The fourth-order valence-electron chi connectivity index (χ4n) is 4.13. The Morgan fingerprint density at radius 2 is 2.00 bits per heavy atom. The van der Waals surface area contributed by atoms with E-state index in [1.807, 2.05) is 49.5 Å². The third-order valence-corrected chi connectivity index (χ3v) is 8.80. The first kappa shape index (κ1) is 22.5. The number of hydrogen-bond donors (Lipinski definition) is 1. The van der Waals surface area contributed by atoms with Crippen LogP contribution in [0.25, 0.3) is 21.5 Å². The molecule has 174 valence electrons. The standard InChI is InChI=1S/C23H23N7O2S2/c1-3-34(31,32)29-14-23(15-29,9-10-24)30-13-17(12-25-30)20-21-19(11-16(2)33-21)27-22(28-20)26-18-7-5-4-6-8-18/h4-8,11-13H,3,9,14-15H2,1-2H3,(H,26,27,28). The van der Waals surface area contributed by atoms with E-state index in [4.69, 9.17) is 4.98 Å². The van der Waals surface area contributed by atoms with Crippen molar-refractivity contribution in [1.29, 1.82) is 5.26 Å². The lowest BCUT2D eigenvalue weighted by molar-refractivity contribution is 0.0719. The molecule has 0 amide bonds. The van der Waals surface area contributed by atoms with E-state index in [9.17, 15) is 13.7 Å². The average Bonchev–Trinajstić information content (AvgIpc) is 3.42. The van der Waals surface area contributed by atoms with Crippen molar-refractivity contribution in [3.05, 3.63) is 53.7 Å². The molecule has 4 aromatic rings. The van der Waals surface area contributed by atoms with Crippen LogP contribution in [0.1, 0.15) is 18.2 Å². The van der Waals surface area contributed by atoms with Gasteiger partial charge in [0.2, 0.25) is 16.0 Å². The lowest BCUT2D eigenvalue weighted by Gasteiger charge is -2.47. The van der Waals surface area contributed by atoms with Crippen LogP contribution in [0.15, 0.2) is 48.8 Å². The topological polar surface area (TPSA) is 117 Å². The first-order valence-corrected chi connectivity index (χ1v) is 13.3. The SMILES string of the molecule is CCS(=O)(=O)N1CC(CC#N)(n2cc(-c3nc(Nc4ccccc4)nc4cc(C)sc34)cn2)C1. The number of nitrogens with zero attached hydrogens (tertiary/aromatic N) is 6.